The van der Waals surface area contributed by atoms with E-state index in [9.17, 15) is 4.79 Å². The number of para-hydroxylation sites is 1. The highest BCUT2D eigenvalue weighted by Gasteiger charge is 2.17. The standard InChI is InChI=1S/C13H18N2O3S/c1-8(12(14)19)7-15-13(16)9-5-4-6-10(17-2)11(9)18-3/h4-6,8H,7H2,1-3H3,(H2,14,19)(H,15,16). The van der Waals surface area contributed by atoms with Crippen molar-refractivity contribution >= 4 is 23.1 Å². The molecule has 0 aliphatic rings. The summed E-state index contributed by atoms with van der Waals surface area (Å²) in [6.07, 6.45) is 0. The molecule has 1 unspecified atom stereocenters. The summed E-state index contributed by atoms with van der Waals surface area (Å²) in [5, 5.41) is 2.76. The Labute approximate surface area is 118 Å². The molecule has 0 fully saturated rings. The summed E-state index contributed by atoms with van der Waals surface area (Å²) in [5.74, 6) is 0.609. The Kier molecular flexibility index (Phi) is 5.57. The number of ether oxygens (including phenoxy) is 2. The molecule has 0 saturated heterocycles. The zero-order chi connectivity index (χ0) is 14.4. The van der Waals surface area contributed by atoms with Gasteiger partial charge in [0.15, 0.2) is 11.5 Å². The average molecular weight is 282 g/mol. The highest BCUT2D eigenvalue weighted by Crippen LogP contribution is 2.30. The number of methoxy groups -OCH3 is 2. The zero-order valence-electron chi connectivity index (χ0n) is 11.2. The van der Waals surface area contributed by atoms with Gasteiger partial charge in [0.25, 0.3) is 5.91 Å². The third kappa shape index (κ3) is 3.82. The molecule has 5 nitrogen and oxygen atoms in total. The van der Waals surface area contributed by atoms with Crippen LogP contribution in [-0.4, -0.2) is 31.7 Å². The first-order valence-corrected chi connectivity index (χ1v) is 6.20. The van der Waals surface area contributed by atoms with Crippen molar-refractivity contribution in [2.45, 2.75) is 6.92 Å². The molecule has 6 heteroatoms. The summed E-state index contributed by atoms with van der Waals surface area (Å²) >= 11 is 4.86. The van der Waals surface area contributed by atoms with Crippen molar-refractivity contribution in [3.63, 3.8) is 0 Å². The number of amides is 1. The molecular formula is C13H18N2O3S. The van der Waals surface area contributed by atoms with Gasteiger partial charge in [-0.3, -0.25) is 4.79 Å². The lowest BCUT2D eigenvalue weighted by molar-refractivity contribution is 0.0947. The van der Waals surface area contributed by atoms with Gasteiger partial charge in [-0.2, -0.15) is 0 Å². The maximum atomic E-state index is 12.1. The second kappa shape index (κ2) is 6.94. The first kappa shape index (κ1) is 15.2. The molecular weight excluding hydrogens is 264 g/mol. The predicted octanol–water partition coefficient (Wildman–Crippen LogP) is 1.36. The molecule has 1 amide bonds. The van der Waals surface area contributed by atoms with Gasteiger partial charge in [-0.15, -0.1) is 0 Å². The van der Waals surface area contributed by atoms with Gasteiger partial charge in [0.2, 0.25) is 0 Å². The molecule has 0 aliphatic carbocycles. The van der Waals surface area contributed by atoms with Crippen LogP contribution in [0.3, 0.4) is 0 Å². The highest BCUT2D eigenvalue weighted by atomic mass is 32.1. The van der Waals surface area contributed by atoms with Gasteiger partial charge in [0.05, 0.1) is 24.8 Å². The number of carbonyl (C=O) groups is 1. The largest absolute Gasteiger partial charge is 0.493 e. The van der Waals surface area contributed by atoms with Gasteiger partial charge in [-0.1, -0.05) is 25.2 Å². The third-order valence-corrected chi connectivity index (χ3v) is 3.10. The topological polar surface area (TPSA) is 73.6 Å². The fourth-order valence-electron chi connectivity index (χ4n) is 1.51. The molecule has 1 aromatic carbocycles. The first-order chi connectivity index (χ1) is 9.01. The van der Waals surface area contributed by atoms with E-state index in [0.29, 0.717) is 28.6 Å². The van der Waals surface area contributed by atoms with Gasteiger partial charge in [-0.25, -0.2) is 0 Å². The van der Waals surface area contributed by atoms with Gasteiger partial charge in [0.1, 0.15) is 0 Å². The Morgan fingerprint density at radius 3 is 2.63 bits per heavy atom. The molecule has 0 saturated carbocycles. The summed E-state index contributed by atoms with van der Waals surface area (Å²) in [5.41, 5.74) is 5.91. The summed E-state index contributed by atoms with van der Waals surface area (Å²) in [6, 6.07) is 5.13. The van der Waals surface area contributed by atoms with E-state index >= 15 is 0 Å². The molecule has 1 aromatic rings. The van der Waals surface area contributed by atoms with Crippen molar-refractivity contribution in [3.8, 4) is 11.5 Å². The number of rotatable bonds is 6. The van der Waals surface area contributed by atoms with Crippen LogP contribution in [0.2, 0.25) is 0 Å². The monoisotopic (exact) mass is 282 g/mol. The molecule has 1 atom stereocenters. The summed E-state index contributed by atoms with van der Waals surface area (Å²) < 4.78 is 10.4. The normalized spacial score (nSPS) is 11.5. The van der Waals surface area contributed by atoms with Crippen LogP contribution in [0.25, 0.3) is 0 Å². The van der Waals surface area contributed by atoms with Gasteiger partial charge in [-0.05, 0) is 12.1 Å². The smallest absolute Gasteiger partial charge is 0.255 e. The molecule has 0 radical (unpaired) electrons. The fourth-order valence-corrected chi connectivity index (χ4v) is 1.59. The fraction of sp³-hybridized carbons (Fsp3) is 0.385. The number of carbonyl (C=O) groups excluding carboxylic acids is 1. The van der Waals surface area contributed by atoms with Crippen LogP contribution in [0.15, 0.2) is 18.2 Å². The van der Waals surface area contributed by atoms with E-state index in [0.717, 1.165) is 0 Å². The van der Waals surface area contributed by atoms with Crippen LogP contribution in [-0.2, 0) is 0 Å². The lowest BCUT2D eigenvalue weighted by atomic mass is 10.1. The molecule has 19 heavy (non-hydrogen) atoms. The Morgan fingerprint density at radius 2 is 2.11 bits per heavy atom. The first-order valence-electron chi connectivity index (χ1n) is 5.79. The Hall–Kier alpha value is -1.82. The molecule has 0 spiro atoms. The number of nitrogens with two attached hydrogens (primary N) is 1. The summed E-state index contributed by atoms with van der Waals surface area (Å²) in [7, 11) is 3.01. The van der Waals surface area contributed by atoms with E-state index in [2.05, 4.69) is 5.32 Å². The third-order valence-electron chi connectivity index (χ3n) is 2.70. The van der Waals surface area contributed by atoms with Crippen molar-refractivity contribution in [1.82, 2.24) is 5.32 Å². The van der Waals surface area contributed by atoms with Crippen molar-refractivity contribution in [2.24, 2.45) is 11.7 Å². The molecule has 3 N–H and O–H groups in total. The Morgan fingerprint density at radius 1 is 1.42 bits per heavy atom. The average Bonchev–Trinajstić information content (AvgIpc) is 2.42. The minimum Gasteiger partial charge on any atom is -0.493 e. The molecule has 0 bridgehead atoms. The van der Waals surface area contributed by atoms with Crippen LogP contribution >= 0.6 is 12.2 Å². The second-order valence-electron chi connectivity index (χ2n) is 4.05. The predicted molar refractivity (Wildman–Crippen MR) is 77.8 cm³/mol. The number of thiocarbonyl (C=S) groups is 1. The van der Waals surface area contributed by atoms with E-state index < -0.39 is 0 Å². The van der Waals surface area contributed by atoms with Crippen molar-refractivity contribution in [3.05, 3.63) is 23.8 Å². The highest BCUT2D eigenvalue weighted by molar-refractivity contribution is 7.80. The van der Waals surface area contributed by atoms with Crippen molar-refractivity contribution in [2.75, 3.05) is 20.8 Å². The summed E-state index contributed by atoms with van der Waals surface area (Å²) in [6.45, 7) is 2.24. The summed E-state index contributed by atoms with van der Waals surface area (Å²) in [4.78, 5) is 12.5. The number of benzene rings is 1. The lowest BCUT2D eigenvalue weighted by Gasteiger charge is -2.14. The van der Waals surface area contributed by atoms with Crippen LogP contribution in [0.4, 0.5) is 0 Å². The lowest BCUT2D eigenvalue weighted by Crippen LogP contribution is -2.33. The molecule has 0 heterocycles. The quantitative estimate of drug-likeness (QED) is 0.771. The minimum absolute atomic E-state index is 0.0597. The van der Waals surface area contributed by atoms with Crippen molar-refractivity contribution in [1.29, 1.82) is 0 Å². The zero-order valence-corrected chi connectivity index (χ0v) is 12.0. The second-order valence-corrected chi connectivity index (χ2v) is 4.53. The maximum Gasteiger partial charge on any atom is 0.255 e. The van der Waals surface area contributed by atoms with Crippen molar-refractivity contribution < 1.29 is 14.3 Å². The minimum atomic E-state index is -0.251. The molecule has 1 rings (SSSR count). The van der Waals surface area contributed by atoms with Gasteiger partial charge in [0, 0.05) is 12.5 Å². The van der Waals surface area contributed by atoms with E-state index in [1.54, 1.807) is 18.2 Å². The number of hydrogen-bond acceptors (Lipinski definition) is 4. The Balaban J connectivity index is 2.85. The van der Waals surface area contributed by atoms with E-state index in [1.165, 1.54) is 14.2 Å². The SMILES string of the molecule is COc1cccc(C(=O)NCC(C)C(N)=S)c1OC. The van der Waals surface area contributed by atoms with E-state index in [4.69, 9.17) is 27.4 Å². The van der Waals surface area contributed by atoms with Crippen LogP contribution in [0, 0.1) is 5.92 Å². The van der Waals surface area contributed by atoms with Crippen LogP contribution < -0.4 is 20.5 Å². The number of nitrogens with one attached hydrogen (secondary N) is 1. The number of hydrogen-bond donors (Lipinski definition) is 2. The van der Waals surface area contributed by atoms with Gasteiger partial charge >= 0.3 is 0 Å². The molecule has 0 aromatic heterocycles. The van der Waals surface area contributed by atoms with E-state index in [1.807, 2.05) is 6.92 Å². The molecule has 104 valence electrons. The van der Waals surface area contributed by atoms with Gasteiger partial charge < -0.3 is 20.5 Å². The van der Waals surface area contributed by atoms with E-state index in [-0.39, 0.29) is 11.8 Å². The molecule has 0 aliphatic heterocycles. The maximum absolute atomic E-state index is 12.1. The Bertz CT molecular complexity index is 477. The van der Waals surface area contributed by atoms with Crippen LogP contribution in [0.1, 0.15) is 17.3 Å². The van der Waals surface area contributed by atoms with Crippen LogP contribution in [0.5, 0.6) is 11.5 Å².